The Hall–Kier alpha value is -1.56. The number of benzene rings is 1. The van der Waals surface area contributed by atoms with Crippen LogP contribution < -0.4 is 0 Å². The van der Waals surface area contributed by atoms with Crippen molar-refractivity contribution >= 4 is 0 Å². The highest BCUT2D eigenvalue weighted by Crippen LogP contribution is 2.46. The van der Waals surface area contributed by atoms with Crippen LogP contribution in [0.2, 0.25) is 0 Å². The summed E-state index contributed by atoms with van der Waals surface area (Å²) in [5.74, 6) is -13.7. The molecule has 0 saturated carbocycles. The van der Waals surface area contributed by atoms with Gasteiger partial charge in [0.1, 0.15) is 17.6 Å². The molecule has 2 rings (SSSR count). The lowest BCUT2D eigenvalue weighted by atomic mass is 9.89. The van der Waals surface area contributed by atoms with Gasteiger partial charge in [0.05, 0.1) is 24.9 Å². The van der Waals surface area contributed by atoms with E-state index < -0.39 is 78.1 Å². The van der Waals surface area contributed by atoms with E-state index in [1.165, 1.54) is 0 Å². The van der Waals surface area contributed by atoms with E-state index in [1.54, 1.807) is 0 Å². The number of halogens is 10. The molecule has 1 fully saturated rings. The van der Waals surface area contributed by atoms with Crippen LogP contribution in [-0.2, 0) is 15.7 Å². The van der Waals surface area contributed by atoms with Crippen molar-refractivity contribution in [2.75, 3.05) is 13.2 Å². The topological polar surface area (TPSA) is 18.5 Å². The summed E-state index contributed by atoms with van der Waals surface area (Å²) in [7, 11) is 0. The Balaban J connectivity index is 2.73. The SMILES string of the molecule is CC1OCCOC(c2c(F)c(F)c(C(F)(F)F)c(F)c2F)C1C(F)(F)F. The number of hydrogen-bond acceptors (Lipinski definition) is 2. The van der Waals surface area contributed by atoms with E-state index in [0.717, 1.165) is 6.92 Å². The van der Waals surface area contributed by atoms with Gasteiger partial charge in [-0.25, -0.2) is 17.6 Å². The molecular formula is C14H10F10O2. The third-order valence-electron chi connectivity index (χ3n) is 3.84. The molecule has 1 aromatic carbocycles. The lowest BCUT2D eigenvalue weighted by molar-refractivity contribution is -0.225. The van der Waals surface area contributed by atoms with Crippen LogP contribution in [0, 0.1) is 29.2 Å². The quantitative estimate of drug-likeness (QED) is 0.493. The van der Waals surface area contributed by atoms with Gasteiger partial charge in [-0.15, -0.1) is 0 Å². The zero-order valence-corrected chi connectivity index (χ0v) is 12.7. The van der Waals surface area contributed by atoms with E-state index in [4.69, 9.17) is 4.74 Å². The molecule has 26 heavy (non-hydrogen) atoms. The molecule has 1 aromatic rings. The Bertz CT molecular complexity index is 653. The lowest BCUT2D eigenvalue weighted by Gasteiger charge is -2.31. The first-order valence-corrected chi connectivity index (χ1v) is 7.01. The zero-order chi connectivity index (χ0) is 20.0. The molecule has 0 spiro atoms. The van der Waals surface area contributed by atoms with Gasteiger partial charge in [-0.1, -0.05) is 0 Å². The van der Waals surface area contributed by atoms with E-state index in [0.29, 0.717) is 0 Å². The zero-order valence-electron chi connectivity index (χ0n) is 12.7. The van der Waals surface area contributed by atoms with E-state index >= 15 is 0 Å². The minimum Gasteiger partial charge on any atom is -0.375 e. The van der Waals surface area contributed by atoms with Crippen molar-refractivity contribution in [1.82, 2.24) is 0 Å². The fourth-order valence-corrected chi connectivity index (χ4v) is 2.71. The maximum absolute atomic E-state index is 14.1. The first kappa shape index (κ1) is 20.7. The van der Waals surface area contributed by atoms with Gasteiger partial charge in [0, 0.05) is 0 Å². The average Bonchev–Trinajstić information content (AvgIpc) is 2.65. The predicted octanol–water partition coefficient (Wildman–Crippen LogP) is 4.92. The largest absolute Gasteiger partial charge is 0.422 e. The van der Waals surface area contributed by atoms with Crippen LogP contribution in [0.15, 0.2) is 0 Å². The number of rotatable bonds is 1. The summed E-state index contributed by atoms with van der Waals surface area (Å²) in [6, 6.07) is 0. The third-order valence-corrected chi connectivity index (χ3v) is 3.84. The summed E-state index contributed by atoms with van der Waals surface area (Å²) in [5.41, 5.74) is -4.79. The molecule has 0 N–H and O–H groups in total. The summed E-state index contributed by atoms with van der Waals surface area (Å²) in [5, 5.41) is 0. The molecule has 2 nitrogen and oxygen atoms in total. The second-order valence-corrected chi connectivity index (χ2v) is 5.48. The smallest absolute Gasteiger partial charge is 0.375 e. The maximum Gasteiger partial charge on any atom is 0.422 e. The molecule has 1 aliphatic heterocycles. The molecule has 3 unspecified atom stereocenters. The molecule has 1 aliphatic rings. The highest BCUT2D eigenvalue weighted by atomic mass is 19.4. The fourth-order valence-electron chi connectivity index (χ4n) is 2.71. The Labute approximate surface area is 139 Å². The molecule has 0 amide bonds. The van der Waals surface area contributed by atoms with Gasteiger partial charge < -0.3 is 9.47 Å². The van der Waals surface area contributed by atoms with E-state index in [2.05, 4.69) is 4.74 Å². The molecule has 12 heteroatoms. The van der Waals surface area contributed by atoms with Gasteiger partial charge in [0.2, 0.25) is 0 Å². The third kappa shape index (κ3) is 3.61. The molecule has 1 heterocycles. The van der Waals surface area contributed by atoms with Crippen LogP contribution in [0.3, 0.4) is 0 Å². The van der Waals surface area contributed by atoms with Gasteiger partial charge >= 0.3 is 12.4 Å². The van der Waals surface area contributed by atoms with Gasteiger partial charge in [-0.3, -0.25) is 0 Å². The second-order valence-electron chi connectivity index (χ2n) is 5.48. The molecule has 148 valence electrons. The van der Waals surface area contributed by atoms with Crippen LogP contribution in [0.4, 0.5) is 43.9 Å². The number of hydrogen-bond donors (Lipinski definition) is 0. The van der Waals surface area contributed by atoms with E-state index in [1.807, 2.05) is 0 Å². The molecular weight excluding hydrogens is 390 g/mol. The van der Waals surface area contributed by atoms with Gasteiger partial charge in [0.15, 0.2) is 23.3 Å². The second kappa shape index (κ2) is 6.87. The minimum absolute atomic E-state index is 0.431. The van der Waals surface area contributed by atoms with Crippen molar-refractivity contribution in [1.29, 1.82) is 0 Å². The number of ether oxygens (including phenoxy) is 2. The standard InChI is InChI=1S/C14H10F10O2/c1-4-6(13(19,20)21)12(26-3-2-25-4)5-8(15)10(17)7(14(22,23)24)11(18)9(5)16/h4,6,12H,2-3H2,1H3. The van der Waals surface area contributed by atoms with E-state index in [9.17, 15) is 43.9 Å². The van der Waals surface area contributed by atoms with Gasteiger partial charge in [-0.05, 0) is 6.92 Å². The molecule has 1 saturated heterocycles. The monoisotopic (exact) mass is 400 g/mol. The first-order chi connectivity index (χ1) is 11.8. The Morgan fingerprint density at radius 2 is 1.23 bits per heavy atom. The summed E-state index contributed by atoms with van der Waals surface area (Å²) in [4.78, 5) is 0. The van der Waals surface area contributed by atoms with Crippen molar-refractivity contribution in [2.45, 2.75) is 31.5 Å². The summed E-state index contributed by atoms with van der Waals surface area (Å²) in [6.45, 7) is -0.184. The summed E-state index contributed by atoms with van der Waals surface area (Å²) < 4.78 is 143. The molecule has 0 radical (unpaired) electrons. The normalized spacial score (nSPS) is 25.3. The van der Waals surface area contributed by atoms with Crippen molar-refractivity contribution in [3.05, 3.63) is 34.4 Å². The first-order valence-electron chi connectivity index (χ1n) is 7.01. The van der Waals surface area contributed by atoms with Crippen molar-refractivity contribution in [3.63, 3.8) is 0 Å². The highest BCUT2D eigenvalue weighted by molar-refractivity contribution is 5.34. The summed E-state index contributed by atoms with van der Waals surface area (Å²) in [6.07, 6.45) is -15.4. The van der Waals surface area contributed by atoms with Gasteiger partial charge in [0.25, 0.3) is 0 Å². The predicted molar refractivity (Wildman–Crippen MR) is 64.9 cm³/mol. The highest BCUT2D eigenvalue weighted by Gasteiger charge is 2.53. The Morgan fingerprint density at radius 3 is 1.65 bits per heavy atom. The van der Waals surface area contributed by atoms with Crippen LogP contribution in [0.5, 0.6) is 0 Å². The maximum atomic E-state index is 14.1. The molecule has 0 bridgehead atoms. The van der Waals surface area contributed by atoms with Crippen LogP contribution in [0.1, 0.15) is 24.2 Å². The minimum atomic E-state index is -5.81. The van der Waals surface area contributed by atoms with Crippen molar-refractivity contribution in [3.8, 4) is 0 Å². The summed E-state index contributed by atoms with van der Waals surface area (Å²) >= 11 is 0. The fraction of sp³-hybridized carbons (Fsp3) is 0.571. The molecule has 3 atom stereocenters. The van der Waals surface area contributed by atoms with Crippen molar-refractivity contribution < 1.29 is 53.4 Å². The molecule has 0 aromatic heterocycles. The lowest BCUT2D eigenvalue weighted by Crippen LogP contribution is -2.39. The number of alkyl halides is 6. The molecule has 0 aliphatic carbocycles. The Morgan fingerprint density at radius 1 is 0.769 bits per heavy atom. The van der Waals surface area contributed by atoms with Crippen molar-refractivity contribution in [2.24, 2.45) is 5.92 Å². The van der Waals surface area contributed by atoms with Crippen LogP contribution in [-0.4, -0.2) is 25.5 Å². The van der Waals surface area contributed by atoms with Gasteiger partial charge in [-0.2, -0.15) is 26.3 Å². The van der Waals surface area contributed by atoms with Crippen LogP contribution in [0.25, 0.3) is 0 Å². The van der Waals surface area contributed by atoms with E-state index in [-0.39, 0.29) is 0 Å². The van der Waals surface area contributed by atoms with Crippen LogP contribution >= 0.6 is 0 Å². The Kier molecular flexibility index (Phi) is 5.48. The average molecular weight is 400 g/mol.